The number of rotatable bonds is 6. The molecule has 1 unspecified atom stereocenters. The second-order valence-corrected chi connectivity index (χ2v) is 6.61. The molecule has 25 heavy (non-hydrogen) atoms. The maximum atomic E-state index is 12.5. The zero-order chi connectivity index (χ0) is 17.6. The van der Waals surface area contributed by atoms with Crippen LogP contribution in [0.5, 0.6) is 5.75 Å². The highest BCUT2D eigenvalue weighted by molar-refractivity contribution is 5.94. The van der Waals surface area contributed by atoms with E-state index >= 15 is 0 Å². The Kier molecular flexibility index (Phi) is 5.71. The molecule has 1 saturated heterocycles. The fourth-order valence-corrected chi connectivity index (χ4v) is 3.44. The minimum Gasteiger partial charge on any atom is -0.497 e. The largest absolute Gasteiger partial charge is 0.497 e. The molecule has 1 amide bonds. The molecule has 1 heterocycles. The molecular formula is C21H26N2O2. The van der Waals surface area contributed by atoms with Crippen LogP contribution in [0.1, 0.15) is 40.4 Å². The lowest BCUT2D eigenvalue weighted by Crippen LogP contribution is -2.36. The van der Waals surface area contributed by atoms with Crippen LogP contribution in [0.4, 0.5) is 0 Å². The Morgan fingerprint density at radius 2 is 1.92 bits per heavy atom. The average Bonchev–Trinajstić information content (AvgIpc) is 3.16. The van der Waals surface area contributed by atoms with Gasteiger partial charge in [0.1, 0.15) is 5.75 Å². The van der Waals surface area contributed by atoms with Crippen LogP contribution in [-0.4, -0.2) is 37.6 Å². The molecular weight excluding hydrogens is 312 g/mol. The van der Waals surface area contributed by atoms with Gasteiger partial charge in [-0.25, -0.2) is 0 Å². The number of hydrogen-bond acceptors (Lipinski definition) is 3. The molecule has 0 saturated carbocycles. The summed E-state index contributed by atoms with van der Waals surface area (Å²) in [5.41, 5.74) is 2.99. The van der Waals surface area contributed by atoms with Crippen molar-refractivity contribution in [3.05, 3.63) is 65.2 Å². The second-order valence-electron chi connectivity index (χ2n) is 6.61. The van der Waals surface area contributed by atoms with Gasteiger partial charge in [-0.3, -0.25) is 9.69 Å². The molecule has 2 aromatic carbocycles. The van der Waals surface area contributed by atoms with Gasteiger partial charge in [0.15, 0.2) is 0 Å². The molecule has 1 aliphatic rings. The van der Waals surface area contributed by atoms with E-state index in [1.54, 1.807) is 7.11 Å². The number of carbonyl (C=O) groups excluding carboxylic acids is 1. The number of likely N-dealkylation sites (tertiary alicyclic amines) is 1. The maximum absolute atomic E-state index is 12.5. The highest BCUT2D eigenvalue weighted by Gasteiger charge is 2.24. The van der Waals surface area contributed by atoms with Crippen LogP contribution in [-0.2, 0) is 0 Å². The number of methoxy groups -OCH3 is 1. The Bertz CT molecular complexity index is 723. The summed E-state index contributed by atoms with van der Waals surface area (Å²) in [6, 6.07) is 16.0. The fourth-order valence-electron chi connectivity index (χ4n) is 3.44. The van der Waals surface area contributed by atoms with E-state index < -0.39 is 0 Å². The van der Waals surface area contributed by atoms with Crippen molar-refractivity contribution >= 4 is 5.91 Å². The van der Waals surface area contributed by atoms with Crippen molar-refractivity contribution < 1.29 is 9.53 Å². The molecule has 132 valence electrons. The van der Waals surface area contributed by atoms with Gasteiger partial charge in [-0.1, -0.05) is 29.8 Å². The van der Waals surface area contributed by atoms with E-state index in [1.165, 1.54) is 18.4 Å². The fraction of sp³-hybridized carbons (Fsp3) is 0.381. The van der Waals surface area contributed by atoms with Crippen molar-refractivity contribution in [2.45, 2.75) is 25.8 Å². The topological polar surface area (TPSA) is 41.6 Å². The van der Waals surface area contributed by atoms with E-state index in [9.17, 15) is 4.79 Å². The number of benzene rings is 2. The third kappa shape index (κ3) is 4.40. The van der Waals surface area contributed by atoms with Gasteiger partial charge in [-0.2, -0.15) is 0 Å². The predicted molar refractivity (Wildman–Crippen MR) is 100 cm³/mol. The Morgan fingerprint density at radius 1 is 1.16 bits per heavy atom. The van der Waals surface area contributed by atoms with Gasteiger partial charge in [-0.15, -0.1) is 0 Å². The van der Waals surface area contributed by atoms with Gasteiger partial charge in [0.25, 0.3) is 5.91 Å². The molecule has 1 N–H and O–H groups in total. The SMILES string of the molecule is COc1cccc(C(CNC(=O)c2cccc(C)c2)N2CCCC2)c1. The van der Waals surface area contributed by atoms with Crippen LogP contribution in [0.3, 0.4) is 0 Å². The summed E-state index contributed by atoms with van der Waals surface area (Å²) in [5.74, 6) is 0.836. The Morgan fingerprint density at radius 3 is 2.64 bits per heavy atom. The monoisotopic (exact) mass is 338 g/mol. The van der Waals surface area contributed by atoms with E-state index in [0.717, 1.165) is 24.4 Å². The normalized spacial score (nSPS) is 15.8. The quantitative estimate of drug-likeness (QED) is 0.875. The van der Waals surface area contributed by atoms with Crippen molar-refractivity contribution in [1.29, 1.82) is 0 Å². The van der Waals surface area contributed by atoms with Gasteiger partial charge >= 0.3 is 0 Å². The van der Waals surface area contributed by atoms with Crippen LogP contribution in [0.15, 0.2) is 48.5 Å². The van der Waals surface area contributed by atoms with Gasteiger partial charge in [-0.05, 0) is 62.7 Å². The van der Waals surface area contributed by atoms with Crippen LogP contribution in [0, 0.1) is 6.92 Å². The summed E-state index contributed by atoms with van der Waals surface area (Å²) in [7, 11) is 1.68. The third-order valence-electron chi connectivity index (χ3n) is 4.80. The minimum absolute atomic E-state index is 0.0178. The van der Waals surface area contributed by atoms with Crippen LogP contribution < -0.4 is 10.1 Å². The van der Waals surface area contributed by atoms with Gasteiger partial charge < -0.3 is 10.1 Å². The van der Waals surface area contributed by atoms with Crippen molar-refractivity contribution in [3.8, 4) is 5.75 Å². The molecule has 1 fully saturated rings. The zero-order valence-electron chi connectivity index (χ0n) is 15.0. The number of ether oxygens (including phenoxy) is 1. The summed E-state index contributed by atoms with van der Waals surface area (Å²) in [5, 5.41) is 3.12. The van der Waals surface area contributed by atoms with E-state index in [1.807, 2.05) is 43.3 Å². The van der Waals surface area contributed by atoms with Gasteiger partial charge in [0.05, 0.1) is 13.2 Å². The van der Waals surface area contributed by atoms with Crippen molar-refractivity contribution in [1.82, 2.24) is 10.2 Å². The Labute approximate surface area is 149 Å². The molecule has 1 atom stereocenters. The molecule has 0 bridgehead atoms. The molecule has 3 rings (SSSR count). The number of carbonyl (C=O) groups is 1. The maximum Gasteiger partial charge on any atom is 0.251 e. The molecule has 1 aliphatic heterocycles. The molecule has 4 nitrogen and oxygen atoms in total. The molecule has 0 aromatic heterocycles. The second kappa shape index (κ2) is 8.17. The smallest absolute Gasteiger partial charge is 0.251 e. The predicted octanol–water partition coefficient (Wildman–Crippen LogP) is 3.57. The number of nitrogens with zero attached hydrogens (tertiary/aromatic N) is 1. The number of nitrogens with one attached hydrogen (secondary N) is 1. The first-order valence-electron chi connectivity index (χ1n) is 8.90. The molecule has 4 heteroatoms. The van der Waals surface area contributed by atoms with Gasteiger partial charge in [0.2, 0.25) is 0 Å². The van der Waals surface area contributed by atoms with Crippen molar-refractivity contribution in [2.24, 2.45) is 0 Å². The van der Waals surface area contributed by atoms with E-state index in [-0.39, 0.29) is 11.9 Å². The lowest BCUT2D eigenvalue weighted by Gasteiger charge is -2.28. The highest BCUT2D eigenvalue weighted by Crippen LogP contribution is 2.27. The highest BCUT2D eigenvalue weighted by atomic mass is 16.5. The molecule has 0 aliphatic carbocycles. The standard InChI is InChI=1S/C21H26N2O2/c1-16-7-5-9-18(13-16)21(24)22-15-20(23-11-3-4-12-23)17-8-6-10-19(14-17)25-2/h5-10,13-14,20H,3-4,11-12,15H2,1-2H3,(H,22,24). The van der Waals surface area contributed by atoms with E-state index in [0.29, 0.717) is 12.1 Å². The number of aryl methyl sites for hydroxylation is 1. The summed E-state index contributed by atoms with van der Waals surface area (Å²) in [6.07, 6.45) is 2.43. The first-order chi connectivity index (χ1) is 12.2. The minimum atomic E-state index is -0.0178. The summed E-state index contributed by atoms with van der Waals surface area (Å²) < 4.78 is 5.37. The third-order valence-corrected chi connectivity index (χ3v) is 4.80. The van der Waals surface area contributed by atoms with E-state index in [4.69, 9.17) is 4.74 Å². The van der Waals surface area contributed by atoms with Crippen molar-refractivity contribution in [2.75, 3.05) is 26.7 Å². The number of hydrogen-bond donors (Lipinski definition) is 1. The van der Waals surface area contributed by atoms with Crippen LogP contribution in [0.2, 0.25) is 0 Å². The van der Waals surface area contributed by atoms with E-state index in [2.05, 4.69) is 22.3 Å². The summed E-state index contributed by atoms with van der Waals surface area (Å²) >= 11 is 0. The average molecular weight is 338 g/mol. The summed E-state index contributed by atoms with van der Waals surface area (Å²) in [6.45, 7) is 4.74. The molecule has 0 spiro atoms. The summed E-state index contributed by atoms with van der Waals surface area (Å²) in [4.78, 5) is 15.0. The molecule has 0 radical (unpaired) electrons. The first kappa shape index (κ1) is 17.5. The van der Waals surface area contributed by atoms with Crippen LogP contribution >= 0.6 is 0 Å². The van der Waals surface area contributed by atoms with Crippen LogP contribution in [0.25, 0.3) is 0 Å². The Balaban J connectivity index is 1.74. The lowest BCUT2D eigenvalue weighted by atomic mass is 10.0. The first-order valence-corrected chi connectivity index (χ1v) is 8.90. The van der Waals surface area contributed by atoms with Gasteiger partial charge in [0, 0.05) is 12.1 Å². The number of amides is 1. The zero-order valence-corrected chi connectivity index (χ0v) is 15.0. The lowest BCUT2D eigenvalue weighted by molar-refractivity contribution is 0.0938. The van der Waals surface area contributed by atoms with Crippen molar-refractivity contribution in [3.63, 3.8) is 0 Å². The molecule has 2 aromatic rings. The Hall–Kier alpha value is -2.33.